The third-order valence-corrected chi connectivity index (χ3v) is 5.46. The summed E-state index contributed by atoms with van der Waals surface area (Å²) in [5.41, 5.74) is 0. The van der Waals surface area contributed by atoms with Crippen LogP contribution in [0.4, 0.5) is 11.6 Å². The Hall–Kier alpha value is -1.93. The molecule has 1 aromatic rings. The summed E-state index contributed by atoms with van der Waals surface area (Å²) in [5, 5.41) is 0. The number of morpholine rings is 1. The summed E-state index contributed by atoms with van der Waals surface area (Å²) >= 11 is 0. The number of aromatic nitrogens is 2. The van der Waals surface area contributed by atoms with E-state index in [4.69, 9.17) is 9.47 Å². The molecule has 0 spiro atoms. The van der Waals surface area contributed by atoms with Gasteiger partial charge in [0.25, 0.3) is 0 Å². The van der Waals surface area contributed by atoms with Crippen molar-refractivity contribution in [2.24, 2.45) is 5.92 Å². The van der Waals surface area contributed by atoms with Crippen LogP contribution in [0.3, 0.4) is 0 Å². The van der Waals surface area contributed by atoms with E-state index in [1.807, 2.05) is 4.90 Å². The van der Waals surface area contributed by atoms with E-state index in [0.29, 0.717) is 19.1 Å². The van der Waals surface area contributed by atoms with Gasteiger partial charge in [-0.2, -0.15) is 0 Å². The molecule has 0 saturated carbocycles. The monoisotopic (exact) mass is 361 g/mol. The first kappa shape index (κ1) is 17.5. The van der Waals surface area contributed by atoms with Crippen LogP contribution in [0.15, 0.2) is 12.4 Å². The second-order valence-electron chi connectivity index (χ2n) is 7.03. The number of piperazine rings is 1. The van der Waals surface area contributed by atoms with E-state index in [1.54, 1.807) is 6.33 Å². The normalized spacial score (nSPS) is 22.5. The van der Waals surface area contributed by atoms with Gasteiger partial charge in [-0.1, -0.05) is 0 Å². The molecule has 8 nitrogen and oxygen atoms in total. The zero-order valence-corrected chi connectivity index (χ0v) is 15.2. The van der Waals surface area contributed by atoms with Crippen LogP contribution in [0.2, 0.25) is 0 Å². The van der Waals surface area contributed by atoms with E-state index in [2.05, 4.69) is 25.8 Å². The molecule has 0 radical (unpaired) electrons. The lowest BCUT2D eigenvalue weighted by atomic mass is 9.98. The molecule has 0 N–H and O–H groups in total. The maximum Gasteiger partial charge on any atom is 0.225 e. The van der Waals surface area contributed by atoms with E-state index in [0.717, 1.165) is 77.0 Å². The molecule has 3 aliphatic heterocycles. The molecular formula is C18H27N5O3. The molecule has 0 unspecified atom stereocenters. The van der Waals surface area contributed by atoms with Gasteiger partial charge in [0.2, 0.25) is 5.91 Å². The number of carbonyl (C=O) groups excluding carboxylic acids is 1. The topological polar surface area (TPSA) is 71.0 Å². The summed E-state index contributed by atoms with van der Waals surface area (Å²) in [6.45, 7) is 7.78. The van der Waals surface area contributed by atoms with Crippen molar-refractivity contribution in [1.29, 1.82) is 0 Å². The standard InChI is InChI=1S/C18H27N5O3/c24-18(15-1-9-25-10-2-15)23-5-3-21(4-6-23)16-13-17(20-14-19-16)22-7-11-26-12-8-22/h13-15H,1-12H2. The number of rotatable bonds is 3. The molecule has 142 valence electrons. The predicted molar refractivity (Wildman–Crippen MR) is 97.4 cm³/mol. The number of amides is 1. The van der Waals surface area contributed by atoms with Gasteiger partial charge < -0.3 is 24.2 Å². The molecule has 4 heterocycles. The Labute approximate surface area is 154 Å². The fourth-order valence-electron chi connectivity index (χ4n) is 3.83. The molecule has 8 heteroatoms. The third kappa shape index (κ3) is 3.91. The van der Waals surface area contributed by atoms with Gasteiger partial charge in [-0.05, 0) is 12.8 Å². The molecule has 3 saturated heterocycles. The van der Waals surface area contributed by atoms with E-state index < -0.39 is 0 Å². The van der Waals surface area contributed by atoms with Crippen LogP contribution >= 0.6 is 0 Å². The Balaban J connectivity index is 1.35. The Kier molecular flexibility index (Phi) is 5.50. The first-order valence-electron chi connectivity index (χ1n) is 9.57. The summed E-state index contributed by atoms with van der Waals surface area (Å²) in [5.74, 6) is 2.34. The largest absolute Gasteiger partial charge is 0.381 e. The third-order valence-electron chi connectivity index (χ3n) is 5.46. The van der Waals surface area contributed by atoms with Crippen LogP contribution < -0.4 is 9.80 Å². The van der Waals surface area contributed by atoms with Crippen molar-refractivity contribution < 1.29 is 14.3 Å². The summed E-state index contributed by atoms with van der Waals surface area (Å²) in [7, 11) is 0. The highest BCUT2D eigenvalue weighted by atomic mass is 16.5. The maximum absolute atomic E-state index is 12.7. The lowest BCUT2D eigenvalue weighted by molar-refractivity contribution is -0.138. The molecule has 0 atom stereocenters. The van der Waals surface area contributed by atoms with E-state index in [9.17, 15) is 4.79 Å². The SMILES string of the molecule is O=C(C1CCOCC1)N1CCN(c2cc(N3CCOCC3)ncn2)CC1. The highest BCUT2D eigenvalue weighted by molar-refractivity contribution is 5.79. The first-order chi connectivity index (χ1) is 12.8. The van der Waals surface area contributed by atoms with Crippen LogP contribution in [0.25, 0.3) is 0 Å². The van der Waals surface area contributed by atoms with Crippen molar-refractivity contribution in [1.82, 2.24) is 14.9 Å². The molecule has 0 aromatic carbocycles. The Morgan fingerprint density at radius 1 is 0.846 bits per heavy atom. The van der Waals surface area contributed by atoms with E-state index in [-0.39, 0.29) is 5.92 Å². The minimum absolute atomic E-state index is 0.141. The number of hydrogen-bond acceptors (Lipinski definition) is 7. The number of hydrogen-bond donors (Lipinski definition) is 0. The Morgan fingerprint density at radius 3 is 2.08 bits per heavy atom. The molecule has 4 rings (SSSR count). The predicted octanol–water partition coefficient (Wildman–Crippen LogP) is 0.388. The minimum Gasteiger partial charge on any atom is -0.381 e. The average Bonchev–Trinajstić information content (AvgIpc) is 2.75. The molecule has 3 aliphatic rings. The first-order valence-corrected chi connectivity index (χ1v) is 9.57. The molecule has 1 aromatic heterocycles. The van der Waals surface area contributed by atoms with Gasteiger partial charge in [0.15, 0.2) is 0 Å². The number of anilines is 2. The molecule has 3 fully saturated rings. The number of carbonyl (C=O) groups is 1. The molecule has 26 heavy (non-hydrogen) atoms. The van der Waals surface area contributed by atoms with Gasteiger partial charge in [-0.3, -0.25) is 4.79 Å². The van der Waals surface area contributed by atoms with Gasteiger partial charge in [0.05, 0.1) is 13.2 Å². The lowest BCUT2D eigenvalue weighted by Gasteiger charge is -2.38. The smallest absolute Gasteiger partial charge is 0.225 e. The van der Waals surface area contributed by atoms with E-state index >= 15 is 0 Å². The summed E-state index contributed by atoms with van der Waals surface area (Å²) in [6, 6.07) is 2.06. The van der Waals surface area contributed by atoms with Crippen molar-refractivity contribution in [3.63, 3.8) is 0 Å². The fourth-order valence-corrected chi connectivity index (χ4v) is 3.83. The highest BCUT2D eigenvalue weighted by Gasteiger charge is 2.29. The number of nitrogens with zero attached hydrogens (tertiary/aromatic N) is 5. The molecule has 0 aliphatic carbocycles. The van der Waals surface area contributed by atoms with Gasteiger partial charge in [-0.15, -0.1) is 0 Å². The van der Waals surface area contributed by atoms with Gasteiger partial charge in [0, 0.05) is 64.5 Å². The second kappa shape index (κ2) is 8.18. The van der Waals surface area contributed by atoms with Gasteiger partial charge >= 0.3 is 0 Å². The van der Waals surface area contributed by atoms with Gasteiger partial charge in [-0.25, -0.2) is 9.97 Å². The van der Waals surface area contributed by atoms with Crippen LogP contribution in [0.5, 0.6) is 0 Å². The lowest BCUT2D eigenvalue weighted by Crippen LogP contribution is -2.51. The maximum atomic E-state index is 12.7. The summed E-state index contributed by atoms with van der Waals surface area (Å²) in [4.78, 5) is 28.0. The van der Waals surface area contributed by atoms with Crippen LogP contribution in [-0.2, 0) is 14.3 Å². The van der Waals surface area contributed by atoms with E-state index in [1.165, 1.54) is 0 Å². The average molecular weight is 361 g/mol. The summed E-state index contributed by atoms with van der Waals surface area (Å²) < 4.78 is 10.8. The highest BCUT2D eigenvalue weighted by Crippen LogP contribution is 2.22. The molecule has 0 bridgehead atoms. The van der Waals surface area contributed by atoms with Crippen molar-refractivity contribution in [3.8, 4) is 0 Å². The van der Waals surface area contributed by atoms with Crippen LogP contribution in [-0.4, -0.2) is 86.5 Å². The second-order valence-corrected chi connectivity index (χ2v) is 7.03. The summed E-state index contributed by atoms with van der Waals surface area (Å²) in [6.07, 6.45) is 3.35. The number of ether oxygens (including phenoxy) is 2. The zero-order valence-electron chi connectivity index (χ0n) is 15.2. The fraction of sp³-hybridized carbons (Fsp3) is 0.722. The zero-order chi connectivity index (χ0) is 17.8. The van der Waals surface area contributed by atoms with Crippen molar-refractivity contribution in [3.05, 3.63) is 12.4 Å². The van der Waals surface area contributed by atoms with Gasteiger partial charge in [0.1, 0.15) is 18.0 Å². The van der Waals surface area contributed by atoms with Crippen LogP contribution in [0, 0.1) is 5.92 Å². The van der Waals surface area contributed by atoms with Crippen molar-refractivity contribution in [2.45, 2.75) is 12.8 Å². The molecule has 1 amide bonds. The quantitative estimate of drug-likeness (QED) is 0.771. The van der Waals surface area contributed by atoms with Crippen molar-refractivity contribution in [2.75, 3.05) is 75.5 Å². The Morgan fingerprint density at radius 2 is 1.42 bits per heavy atom. The van der Waals surface area contributed by atoms with Crippen LogP contribution in [0.1, 0.15) is 12.8 Å². The minimum atomic E-state index is 0.141. The van der Waals surface area contributed by atoms with Crippen molar-refractivity contribution >= 4 is 17.5 Å². The molecular weight excluding hydrogens is 334 g/mol. The Bertz CT molecular complexity index is 609.